The average molecular weight is 291 g/mol. The fourth-order valence-electron chi connectivity index (χ4n) is 1.76. The summed E-state index contributed by atoms with van der Waals surface area (Å²) in [5.74, 6) is -0.368. The normalized spacial score (nSPS) is 10.2. The lowest BCUT2D eigenvalue weighted by atomic mass is 10.2. The van der Waals surface area contributed by atoms with Gasteiger partial charge in [-0.05, 0) is 19.1 Å². The quantitative estimate of drug-likeness (QED) is 0.927. The van der Waals surface area contributed by atoms with Gasteiger partial charge in [-0.15, -0.1) is 0 Å². The number of aromatic nitrogens is 3. The lowest BCUT2D eigenvalue weighted by Gasteiger charge is -2.18. The predicted octanol–water partition coefficient (Wildman–Crippen LogP) is 1.85. The van der Waals surface area contributed by atoms with Crippen LogP contribution in [0.5, 0.6) is 0 Å². The van der Waals surface area contributed by atoms with Crippen LogP contribution in [0.4, 0.5) is 21.0 Å². The van der Waals surface area contributed by atoms with Gasteiger partial charge in [0, 0.05) is 6.54 Å². The SMILES string of the molecule is CCN(C(=O)OC)c1cccc(-c2nc(N)ncc2F)n1. The maximum Gasteiger partial charge on any atom is 0.415 e. The highest BCUT2D eigenvalue weighted by atomic mass is 19.1. The van der Waals surface area contributed by atoms with Crippen LogP contribution in [0.1, 0.15) is 6.92 Å². The molecule has 0 aromatic carbocycles. The summed E-state index contributed by atoms with van der Waals surface area (Å²) in [6, 6.07) is 4.83. The van der Waals surface area contributed by atoms with Crippen molar-refractivity contribution in [2.75, 3.05) is 24.3 Å². The second-order valence-electron chi connectivity index (χ2n) is 4.02. The number of nitrogens with zero attached hydrogens (tertiary/aromatic N) is 4. The Kier molecular flexibility index (Phi) is 4.27. The van der Waals surface area contributed by atoms with Crippen molar-refractivity contribution < 1.29 is 13.9 Å². The van der Waals surface area contributed by atoms with E-state index < -0.39 is 11.9 Å². The van der Waals surface area contributed by atoms with Crippen molar-refractivity contribution in [1.82, 2.24) is 15.0 Å². The lowest BCUT2D eigenvalue weighted by molar-refractivity contribution is 0.179. The summed E-state index contributed by atoms with van der Waals surface area (Å²) in [5, 5.41) is 0. The Morgan fingerprint density at radius 1 is 1.43 bits per heavy atom. The molecule has 2 heterocycles. The number of carbonyl (C=O) groups is 1. The maximum atomic E-state index is 13.8. The van der Waals surface area contributed by atoms with Crippen molar-refractivity contribution in [1.29, 1.82) is 0 Å². The van der Waals surface area contributed by atoms with Crippen LogP contribution in [0.15, 0.2) is 24.4 Å². The van der Waals surface area contributed by atoms with Crippen LogP contribution in [-0.4, -0.2) is 34.7 Å². The van der Waals surface area contributed by atoms with E-state index in [0.717, 1.165) is 6.20 Å². The third-order valence-corrected chi connectivity index (χ3v) is 2.73. The number of hydrogen-bond acceptors (Lipinski definition) is 6. The van der Waals surface area contributed by atoms with E-state index >= 15 is 0 Å². The molecular formula is C13H14FN5O2. The molecule has 0 aliphatic carbocycles. The monoisotopic (exact) mass is 291 g/mol. The van der Waals surface area contributed by atoms with E-state index in [1.165, 1.54) is 12.0 Å². The number of methoxy groups -OCH3 is 1. The summed E-state index contributed by atoms with van der Waals surface area (Å²) in [5.41, 5.74) is 5.69. The second-order valence-corrected chi connectivity index (χ2v) is 4.02. The minimum Gasteiger partial charge on any atom is -0.452 e. The Morgan fingerprint density at radius 3 is 2.86 bits per heavy atom. The van der Waals surface area contributed by atoms with Gasteiger partial charge >= 0.3 is 6.09 Å². The number of carbonyl (C=O) groups excluding carboxylic acids is 1. The Bertz CT molecular complexity index is 665. The fourth-order valence-corrected chi connectivity index (χ4v) is 1.76. The summed E-state index contributed by atoms with van der Waals surface area (Å²) in [7, 11) is 1.28. The highest BCUT2D eigenvalue weighted by molar-refractivity contribution is 5.86. The molecule has 2 aromatic rings. The van der Waals surface area contributed by atoms with Gasteiger partial charge in [0.05, 0.1) is 19.0 Å². The first-order chi connectivity index (χ1) is 10.1. The zero-order valence-electron chi connectivity index (χ0n) is 11.6. The van der Waals surface area contributed by atoms with Crippen LogP contribution in [0.3, 0.4) is 0 Å². The average Bonchev–Trinajstić information content (AvgIpc) is 2.50. The van der Waals surface area contributed by atoms with E-state index in [9.17, 15) is 9.18 Å². The first-order valence-electron chi connectivity index (χ1n) is 6.17. The highest BCUT2D eigenvalue weighted by Crippen LogP contribution is 2.22. The molecule has 2 N–H and O–H groups in total. The summed E-state index contributed by atoms with van der Waals surface area (Å²) < 4.78 is 18.4. The molecule has 110 valence electrons. The molecule has 0 saturated heterocycles. The Balaban J connectivity index is 2.46. The third-order valence-electron chi connectivity index (χ3n) is 2.73. The molecular weight excluding hydrogens is 277 g/mol. The molecule has 2 aromatic heterocycles. The molecule has 0 spiro atoms. The van der Waals surface area contributed by atoms with E-state index in [1.807, 2.05) is 0 Å². The Hall–Kier alpha value is -2.77. The minimum absolute atomic E-state index is 0.0229. The van der Waals surface area contributed by atoms with Crippen LogP contribution in [-0.2, 0) is 4.74 Å². The summed E-state index contributed by atoms with van der Waals surface area (Å²) in [6.07, 6.45) is 0.425. The number of rotatable bonds is 3. The van der Waals surface area contributed by atoms with Crippen molar-refractivity contribution in [3.63, 3.8) is 0 Å². The Morgan fingerprint density at radius 2 is 2.19 bits per heavy atom. The van der Waals surface area contributed by atoms with E-state index in [4.69, 9.17) is 5.73 Å². The molecule has 0 saturated carbocycles. The summed E-state index contributed by atoms with van der Waals surface area (Å²) >= 11 is 0. The molecule has 7 nitrogen and oxygen atoms in total. The van der Waals surface area contributed by atoms with Crippen molar-refractivity contribution >= 4 is 17.9 Å². The molecule has 0 fully saturated rings. The number of halogens is 1. The molecule has 8 heteroatoms. The van der Waals surface area contributed by atoms with Gasteiger partial charge in [-0.3, -0.25) is 4.90 Å². The number of pyridine rings is 1. The lowest BCUT2D eigenvalue weighted by Crippen LogP contribution is -2.31. The predicted molar refractivity (Wildman–Crippen MR) is 75.1 cm³/mol. The van der Waals surface area contributed by atoms with E-state index in [2.05, 4.69) is 19.7 Å². The van der Waals surface area contributed by atoms with Crippen LogP contribution in [0.2, 0.25) is 0 Å². The van der Waals surface area contributed by atoms with Gasteiger partial charge < -0.3 is 10.5 Å². The van der Waals surface area contributed by atoms with Crippen LogP contribution < -0.4 is 10.6 Å². The second kappa shape index (κ2) is 6.12. The van der Waals surface area contributed by atoms with E-state index in [1.54, 1.807) is 25.1 Å². The zero-order chi connectivity index (χ0) is 15.4. The number of anilines is 2. The molecule has 0 aliphatic rings. The number of nitrogens with two attached hydrogens (primary N) is 1. The summed E-state index contributed by atoms with van der Waals surface area (Å²) in [6.45, 7) is 2.13. The van der Waals surface area contributed by atoms with Crippen molar-refractivity contribution in [2.24, 2.45) is 0 Å². The Labute approximate surface area is 120 Å². The van der Waals surface area contributed by atoms with Gasteiger partial charge in [0.25, 0.3) is 0 Å². The number of hydrogen-bond donors (Lipinski definition) is 1. The molecule has 2 rings (SSSR count). The summed E-state index contributed by atoms with van der Waals surface area (Å²) in [4.78, 5) is 24.6. The zero-order valence-corrected chi connectivity index (χ0v) is 11.6. The van der Waals surface area contributed by atoms with Gasteiger partial charge in [0.2, 0.25) is 5.95 Å². The van der Waals surface area contributed by atoms with Gasteiger partial charge in [-0.1, -0.05) is 6.07 Å². The molecule has 0 unspecified atom stereocenters. The van der Waals surface area contributed by atoms with Crippen molar-refractivity contribution in [3.05, 3.63) is 30.2 Å². The van der Waals surface area contributed by atoms with E-state index in [-0.39, 0.29) is 17.3 Å². The van der Waals surface area contributed by atoms with Gasteiger partial charge in [-0.25, -0.2) is 24.1 Å². The van der Waals surface area contributed by atoms with Gasteiger partial charge in [-0.2, -0.15) is 0 Å². The van der Waals surface area contributed by atoms with Crippen LogP contribution >= 0.6 is 0 Å². The maximum absolute atomic E-state index is 13.8. The molecule has 21 heavy (non-hydrogen) atoms. The largest absolute Gasteiger partial charge is 0.452 e. The van der Waals surface area contributed by atoms with Crippen LogP contribution in [0.25, 0.3) is 11.4 Å². The topological polar surface area (TPSA) is 94.2 Å². The van der Waals surface area contributed by atoms with Gasteiger partial charge in [0.15, 0.2) is 5.82 Å². The van der Waals surface area contributed by atoms with Gasteiger partial charge in [0.1, 0.15) is 11.5 Å². The van der Waals surface area contributed by atoms with Crippen molar-refractivity contribution in [3.8, 4) is 11.4 Å². The number of nitrogen functional groups attached to an aromatic ring is 1. The fraction of sp³-hybridized carbons (Fsp3) is 0.231. The smallest absolute Gasteiger partial charge is 0.415 e. The molecule has 0 bridgehead atoms. The molecule has 0 atom stereocenters. The highest BCUT2D eigenvalue weighted by Gasteiger charge is 2.17. The first kappa shape index (κ1) is 14.6. The van der Waals surface area contributed by atoms with Crippen molar-refractivity contribution in [2.45, 2.75) is 6.92 Å². The van der Waals surface area contributed by atoms with E-state index in [0.29, 0.717) is 12.4 Å². The molecule has 0 radical (unpaired) electrons. The first-order valence-corrected chi connectivity index (χ1v) is 6.17. The number of amides is 1. The molecule has 1 amide bonds. The number of ether oxygens (including phenoxy) is 1. The standard InChI is InChI=1S/C13H14FN5O2/c1-3-19(13(20)21-2)10-6-4-5-9(17-10)11-8(14)7-16-12(15)18-11/h4-7H,3H2,1-2H3,(H2,15,16,18). The minimum atomic E-state index is -0.644. The molecule has 0 aliphatic heterocycles. The third kappa shape index (κ3) is 3.04. The van der Waals surface area contributed by atoms with Crippen LogP contribution in [0, 0.1) is 5.82 Å².